The molecule has 0 radical (unpaired) electrons. The molecule has 3 N–H and O–H groups in total. The summed E-state index contributed by atoms with van der Waals surface area (Å²) in [7, 11) is 0. The maximum Gasteiger partial charge on any atom is 0.0693 e. The smallest absolute Gasteiger partial charge is 0.0693 e. The first-order valence-electron chi connectivity index (χ1n) is 5.67. The van der Waals surface area contributed by atoms with Crippen molar-refractivity contribution in [3.8, 4) is 0 Å². The van der Waals surface area contributed by atoms with Crippen LogP contribution in [0, 0.1) is 6.92 Å². The molecule has 84 valence electrons. The average Bonchev–Trinajstić information content (AvgIpc) is 2.63. The molecular formula is C11H19N3O. The highest BCUT2D eigenvalue weighted by atomic mass is 16.3. The van der Waals surface area contributed by atoms with Gasteiger partial charge in [0.05, 0.1) is 12.3 Å². The van der Waals surface area contributed by atoms with E-state index in [1.54, 1.807) is 0 Å². The van der Waals surface area contributed by atoms with Gasteiger partial charge in [0.1, 0.15) is 0 Å². The number of aryl methyl sites for hydroxylation is 1. The Morgan fingerprint density at radius 1 is 1.53 bits per heavy atom. The second-order valence-electron chi connectivity index (χ2n) is 4.36. The van der Waals surface area contributed by atoms with Gasteiger partial charge < -0.3 is 10.4 Å². The summed E-state index contributed by atoms with van der Waals surface area (Å²) in [4.78, 5) is 0. The minimum atomic E-state index is -0.175. The fraction of sp³-hybridized carbons (Fsp3) is 0.727. The molecular weight excluding hydrogens is 190 g/mol. The van der Waals surface area contributed by atoms with Gasteiger partial charge >= 0.3 is 0 Å². The van der Waals surface area contributed by atoms with Gasteiger partial charge in [0.15, 0.2) is 0 Å². The highest BCUT2D eigenvalue weighted by molar-refractivity contribution is 5.14. The van der Waals surface area contributed by atoms with Gasteiger partial charge in [-0.1, -0.05) is 12.8 Å². The zero-order chi connectivity index (χ0) is 10.7. The number of H-pyrrole nitrogens is 1. The molecule has 0 aromatic carbocycles. The van der Waals surface area contributed by atoms with E-state index >= 15 is 0 Å². The molecule has 1 aliphatic carbocycles. The quantitative estimate of drug-likeness (QED) is 0.699. The van der Waals surface area contributed by atoms with Gasteiger partial charge in [0.2, 0.25) is 0 Å². The van der Waals surface area contributed by atoms with E-state index in [9.17, 15) is 5.11 Å². The van der Waals surface area contributed by atoms with Crippen molar-refractivity contribution in [2.75, 3.05) is 0 Å². The van der Waals surface area contributed by atoms with Gasteiger partial charge in [-0.2, -0.15) is 5.10 Å². The lowest BCUT2D eigenvalue weighted by atomic mass is 9.92. The van der Waals surface area contributed by atoms with Crippen LogP contribution in [0.1, 0.15) is 36.9 Å². The van der Waals surface area contributed by atoms with E-state index in [0.29, 0.717) is 0 Å². The summed E-state index contributed by atoms with van der Waals surface area (Å²) in [5.74, 6) is 0. The number of aliphatic hydroxyl groups excluding tert-OH is 1. The monoisotopic (exact) mass is 209 g/mol. The third-order valence-electron chi connectivity index (χ3n) is 3.22. The van der Waals surface area contributed by atoms with Crippen molar-refractivity contribution in [1.29, 1.82) is 0 Å². The molecule has 0 amide bonds. The summed E-state index contributed by atoms with van der Waals surface area (Å²) < 4.78 is 0. The van der Waals surface area contributed by atoms with Crippen molar-refractivity contribution in [2.45, 2.75) is 51.3 Å². The summed E-state index contributed by atoms with van der Waals surface area (Å²) in [6, 6.07) is 0.257. The highest BCUT2D eigenvalue weighted by Crippen LogP contribution is 2.18. The maximum absolute atomic E-state index is 9.78. The molecule has 0 unspecified atom stereocenters. The lowest BCUT2D eigenvalue weighted by Crippen LogP contribution is -2.41. The number of nitrogens with zero attached hydrogens (tertiary/aromatic N) is 1. The number of aliphatic hydroxyl groups is 1. The van der Waals surface area contributed by atoms with Crippen LogP contribution in [0.2, 0.25) is 0 Å². The predicted molar refractivity (Wildman–Crippen MR) is 58.4 cm³/mol. The normalized spacial score (nSPS) is 26.8. The Balaban J connectivity index is 1.84. The fourth-order valence-corrected chi connectivity index (χ4v) is 2.14. The summed E-state index contributed by atoms with van der Waals surface area (Å²) in [6.45, 7) is 2.81. The molecule has 0 saturated heterocycles. The molecule has 1 aliphatic rings. The Labute approximate surface area is 90.1 Å². The zero-order valence-electron chi connectivity index (χ0n) is 9.16. The Morgan fingerprint density at radius 3 is 3.00 bits per heavy atom. The molecule has 2 atom stereocenters. The van der Waals surface area contributed by atoms with Crippen molar-refractivity contribution >= 4 is 0 Å². The summed E-state index contributed by atoms with van der Waals surface area (Å²) in [6.07, 6.45) is 6.06. The molecule has 0 aliphatic heterocycles. The van der Waals surface area contributed by atoms with E-state index in [-0.39, 0.29) is 12.1 Å². The van der Waals surface area contributed by atoms with Crippen molar-refractivity contribution in [1.82, 2.24) is 15.5 Å². The van der Waals surface area contributed by atoms with Crippen molar-refractivity contribution in [3.05, 3.63) is 17.5 Å². The summed E-state index contributed by atoms with van der Waals surface area (Å²) >= 11 is 0. The maximum atomic E-state index is 9.78. The Hall–Kier alpha value is -0.870. The molecule has 1 heterocycles. The number of nitrogens with one attached hydrogen (secondary N) is 2. The molecule has 15 heavy (non-hydrogen) atoms. The van der Waals surface area contributed by atoms with E-state index < -0.39 is 0 Å². The predicted octanol–water partition coefficient (Wildman–Crippen LogP) is 1.11. The average molecular weight is 209 g/mol. The Bertz CT molecular complexity index is 311. The van der Waals surface area contributed by atoms with Crippen LogP contribution in [0.4, 0.5) is 0 Å². The third kappa shape index (κ3) is 2.58. The molecule has 2 rings (SSSR count). The van der Waals surface area contributed by atoms with E-state index in [1.165, 1.54) is 12.0 Å². The molecule has 1 saturated carbocycles. The van der Waals surface area contributed by atoms with Gasteiger partial charge in [0, 0.05) is 23.8 Å². The van der Waals surface area contributed by atoms with Crippen molar-refractivity contribution < 1.29 is 5.11 Å². The zero-order valence-corrected chi connectivity index (χ0v) is 9.16. The first kappa shape index (κ1) is 10.6. The van der Waals surface area contributed by atoms with Crippen LogP contribution >= 0.6 is 0 Å². The standard InChI is InChI=1S/C11H19N3O/c1-8-9(7-13-14-8)6-12-10-4-2-3-5-11(10)15/h7,10-12,15H,2-6H2,1H3,(H,13,14)/t10-,11-/m0/s1. The minimum Gasteiger partial charge on any atom is -0.392 e. The molecule has 0 bridgehead atoms. The summed E-state index contributed by atoms with van der Waals surface area (Å²) in [5.41, 5.74) is 2.29. The third-order valence-corrected chi connectivity index (χ3v) is 3.22. The van der Waals surface area contributed by atoms with E-state index in [4.69, 9.17) is 0 Å². The number of hydrogen-bond donors (Lipinski definition) is 3. The van der Waals surface area contributed by atoms with Crippen LogP contribution in [0.5, 0.6) is 0 Å². The van der Waals surface area contributed by atoms with Gasteiger partial charge in [0.25, 0.3) is 0 Å². The first-order chi connectivity index (χ1) is 7.27. The Morgan fingerprint density at radius 2 is 2.33 bits per heavy atom. The molecule has 4 heteroatoms. The first-order valence-corrected chi connectivity index (χ1v) is 5.67. The van der Waals surface area contributed by atoms with Crippen LogP contribution < -0.4 is 5.32 Å². The molecule has 4 nitrogen and oxygen atoms in total. The lowest BCUT2D eigenvalue weighted by molar-refractivity contribution is 0.0902. The van der Waals surface area contributed by atoms with E-state index in [2.05, 4.69) is 15.5 Å². The summed E-state index contributed by atoms with van der Waals surface area (Å²) in [5, 5.41) is 20.1. The van der Waals surface area contributed by atoms with Gasteiger partial charge in [-0.25, -0.2) is 0 Å². The van der Waals surface area contributed by atoms with Crippen LogP contribution in [0.3, 0.4) is 0 Å². The number of rotatable bonds is 3. The minimum absolute atomic E-state index is 0.175. The SMILES string of the molecule is Cc1[nH]ncc1CN[C@H]1CCCC[C@@H]1O. The van der Waals surface area contributed by atoms with Crippen molar-refractivity contribution in [2.24, 2.45) is 0 Å². The van der Waals surface area contributed by atoms with Gasteiger partial charge in [-0.3, -0.25) is 5.10 Å². The lowest BCUT2D eigenvalue weighted by Gasteiger charge is -2.28. The fourth-order valence-electron chi connectivity index (χ4n) is 2.14. The second-order valence-corrected chi connectivity index (χ2v) is 4.36. The van der Waals surface area contributed by atoms with E-state index in [0.717, 1.165) is 31.5 Å². The van der Waals surface area contributed by atoms with Gasteiger partial charge in [-0.05, 0) is 19.8 Å². The number of aromatic amines is 1. The number of aromatic nitrogens is 2. The highest BCUT2D eigenvalue weighted by Gasteiger charge is 2.22. The van der Waals surface area contributed by atoms with Gasteiger partial charge in [-0.15, -0.1) is 0 Å². The van der Waals surface area contributed by atoms with Crippen LogP contribution in [0.15, 0.2) is 6.20 Å². The van der Waals surface area contributed by atoms with Crippen LogP contribution in [0.25, 0.3) is 0 Å². The molecule has 1 aromatic rings. The van der Waals surface area contributed by atoms with Crippen LogP contribution in [-0.2, 0) is 6.54 Å². The topological polar surface area (TPSA) is 60.9 Å². The molecule has 1 aromatic heterocycles. The second kappa shape index (κ2) is 4.77. The largest absolute Gasteiger partial charge is 0.392 e. The Kier molecular flexibility index (Phi) is 3.38. The van der Waals surface area contributed by atoms with Crippen molar-refractivity contribution in [3.63, 3.8) is 0 Å². The van der Waals surface area contributed by atoms with E-state index in [1.807, 2.05) is 13.1 Å². The molecule has 1 fully saturated rings. The number of hydrogen-bond acceptors (Lipinski definition) is 3. The molecule has 0 spiro atoms. The van der Waals surface area contributed by atoms with Crippen LogP contribution in [-0.4, -0.2) is 27.4 Å².